The standard InChI is InChI=1S/C19H22N2O3/c1-14-7-9-16(10-8-14)20-18(22)13-21(2)19(23)12-15-5-4-6-17(11-15)24-3/h4-11H,12-13H2,1-3H3,(H,20,22). The SMILES string of the molecule is COc1cccc(CC(=O)N(C)CC(=O)Nc2ccc(C)cc2)c1. The minimum absolute atomic E-state index is 0.0106. The number of anilines is 1. The minimum atomic E-state index is -0.222. The molecule has 0 radical (unpaired) electrons. The first-order valence-electron chi connectivity index (χ1n) is 7.71. The molecule has 0 spiro atoms. The smallest absolute Gasteiger partial charge is 0.243 e. The van der Waals surface area contributed by atoms with Crippen LogP contribution < -0.4 is 10.1 Å². The summed E-state index contributed by atoms with van der Waals surface area (Å²) in [6, 6.07) is 14.9. The highest BCUT2D eigenvalue weighted by Crippen LogP contribution is 2.13. The summed E-state index contributed by atoms with van der Waals surface area (Å²) in [6.07, 6.45) is 0.228. The largest absolute Gasteiger partial charge is 0.497 e. The fourth-order valence-corrected chi connectivity index (χ4v) is 2.23. The van der Waals surface area contributed by atoms with Gasteiger partial charge >= 0.3 is 0 Å². The van der Waals surface area contributed by atoms with Crippen molar-refractivity contribution < 1.29 is 14.3 Å². The van der Waals surface area contributed by atoms with Crippen LogP contribution in [-0.2, 0) is 16.0 Å². The van der Waals surface area contributed by atoms with Gasteiger partial charge in [-0.1, -0.05) is 29.8 Å². The third kappa shape index (κ3) is 5.12. The van der Waals surface area contributed by atoms with Crippen LogP contribution in [0.3, 0.4) is 0 Å². The Kier molecular flexibility index (Phi) is 5.95. The van der Waals surface area contributed by atoms with Gasteiger partial charge in [-0.15, -0.1) is 0 Å². The molecule has 0 bridgehead atoms. The molecule has 0 heterocycles. The summed E-state index contributed by atoms with van der Waals surface area (Å²) in [5.74, 6) is 0.364. The number of nitrogens with one attached hydrogen (secondary N) is 1. The number of rotatable bonds is 6. The number of ether oxygens (including phenoxy) is 1. The molecule has 5 nitrogen and oxygen atoms in total. The first-order chi connectivity index (χ1) is 11.5. The van der Waals surface area contributed by atoms with E-state index in [1.165, 1.54) is 4.90 Å². The summed E-state index contributed by atoms with van der Waals surface area (Å²) in [5.41, 5.74) is 2.70. The Morgan fingerprint density at radius 1 is 1.12 bits per heavy atom. The maximum absolute atomic E-state index is 12.2. The number of aryl methyl sites for hydroxylation is 1. The van der Waals surface area contributed by atoms with Gasteiger partial charge in [-0.3, -0.25) is 9.59 Å². The fraction of sp³-hybridized carbons (Fsp3) is 0.263. The summed E-state index contributed by atoms with van der Waals surface area (Å²) in [5, 5.41) is 2.78. The molecule has 0 aliphatic heterocycles. The molecule has 126 valence electrons. The van der Waals surface area contributed by atoms with Gasteiger partial charge in [0.1, 0.15) is 5.75 Å². The second kappa shape index (κ2) is 8.15. The van der Waals surface area contributed by atoms with Gasteiger partial charge in [-0.05, 0) is 36.8 Å². The van der Waals surface area contributed by atoms with E-state index in [1.54, 1.807) is 14.2 Å². The predicted molar refractivity (Wildman–Crippen MR) is 94.1 cm³/mol. The topological polar surface area (TPSA) is 58.6 Å². The van der Waals surface area contributed by atoms with E-state index < -0.39 is 0 Å². The number of hydrogen-bond donors (Lipinski definition) is 1. The molecule has 0 aromatic heterocycles. The van der Waals surface area contributed by atoms with Gasteiger partial charge in [0.05, 0.1) is 20.1 Å². The molecule has 0 unspecified atom stereocenters. The van der Waals surface area contributed by atoms with Crippen molar-refractivity contribution in [1.82, 2.24) is 4.90 Å². The lowest BCUT2D eigenvalue weighted by Crippen LogP contribution is -2.35. The molecule has 2 aromatic carbocycles. The van der Waals surface area contributed by atoms with Crippen molar-refractivity contribution >= 4 is 17.5 Å². The lowest BCUT2D eigenvalue weighted by Gasteiger charge is -2.17. The van der Waals surface area contributed by atoms with Crippen molar-refractivity contribution in [3.05, 3.63) is 59.7 Å². The van der Waals surface area contributed by atoms with E-state index in [9.17, 15) is 9.59 Å². The number of nitrogens with zero attached hydrogens (tertiary/aromatic N) is 1. The van der Waals surface area contributed by atoms with Gasteiger partial charge in [-0.25, -0.2) is 0 Å². The Morgan fingerprint density at radius 2 is 1.83 bits per heavy atom. The molecular weight excluding hydrogens is 304 g/mol. The van der Waals surface area contributed by atoms with Crippen LogP contribution in [0, 0.1) is 6.92 Å². The Morgan fingerprint density at radius 3 is 2.50 bits per heavy atom. The van der Waals surface area contributed by atoms with Crippen LogP contribution >= 0.6 is 0 Å². The quantitative estimate of drug-likeness (QED) is 0.888. The lowest BCUT2D eigenvalue weighted by atomic mass is 10.1. The third-order valence-corrected chi connectivity index (χ3v) is 3.63. The first-order valence-corrected chi connectivity index (χ1v) is 7.71. The first kappa shape index (κ1) is 17.5. The molecule has 5 heteroatoms. The van der Waals surface area contributed by atoms with Crippen molar-refractivity contribution in [2.24, 2.45) is 0 Å². The van der Waals surface area contributed by atoms with Gasteiger partial charge in [0.2, 0.25) is 11.8 Å². The molecule has 2 amide bonds. The lowest BCUT2D eigenvalue weighted by molar-refractivity contribution is -0.132. The van der Waals surface area contributed by atoms with Crippen molar-refractivity contribution in [1.29, 1.82) is 0 Å². The summed E-state index contributed by atoms with van der Waals surface area (Å²) in [4.78, 5) is 25.7. The Balaban J connectivity index is 1.88. The number of carbonyl (C=O) groups excluding carboxylic acids is 2. The van der Waals surface area contributed by atoms with Crippen molar-refractivity contribution in [2.45, 2.75) is 13.3 Å². The summed E-state index contributed by atoms with van der Waals surface area (Å²) >= 11 is 0. The summed E-state index contributed by atoms with van der Waals surface area (Å²) in [7, 11) is 3.21. The molecule has 0 aliphatic carbocycles. The van der Waals surface area contributed by atoms with Gasteiger partial charge in [0.25, 0.3) is 0 Å². The van der Waals surface area contributed by atoms with Gasteiger partial charge in [0.15, 0.2) is 0 Å². The van der Waals surface area contributed by atoms with E-state index in [0.717, 1.165) is 16.8 Å². The summed E-state index contributed by atoms with van der Waals surface area (Å²) < 4.78 is 5.15. The normalized spacial score (nSPS) is 10.1. The number of carbonyl (C=O) groups is 2. The highest BCUT2D eigenvalue weighted by atomic mass is 16.5. The summed E-state index contributed by atoms with van der Waals surface area (Å²) in [6.45, 7) is 1.99. The fourth-order valence-electron chi connectivity index (χ4n) is 2.23. The predicted octanol–water partition coefficient (Wildman–Crippen LogP) is 2.64. The number of likely N-dealkylation sites (N-methyl/N-ethyl adjacent to an activating group) is 1. The van der Waals surface area contributed by atoms with Crippen LogP contribution in [0.4, 0.5) is 5.69 Å². The molecule has 2 rings (SSSR count). The van der Waals surface area contributed by atoms with E-state index in [1.807, 2.05) is 55.5 Å². The highest BCUT2D eigenvalue weighted by molar-refractivity contribution is 5.94. The molecule has 0 atom stereocenters. The van der Waals surface area contributed by atoms with E-state index >= 15 is 0 Å². The van der Waals surface area contributed by atoms with Gasteiger partial charge < -0.3 is 15.0 Å². The Hall–Kier alpha value is -2.82. The minimum Gasteiger partial charge on any atom is -0.497 e. The Bertz CT molecular complexity index is 711. The van der Waals surface area contributed by atoms with E-state index in [2.05, 4.69) is 5.32 Å². The maximum Gasteiger partial charge on any atom is 0.243 e. The molecule has 0 saturated heterocycles. The van der Waals surface area contributed by atoms with E-state index in [0.29, 0.717) is 5.75 Å². The third-order valence-electron chi connectivity index (χ3n) is 3.63. The second-order valence-electron chi connectivity index (χ2n) is 5.69. The van der Waals surface area contributed by atoms with Crippen molar-refractivity contribution in [3.63, 3.8) is 0 Å². The number of amides is 2. The molecule has 1 N–H and O–H groups in total. The molecular formula is C19H22N2O3. The van der Waals surface area contributed by atoms with Gasteiger partial charge in [-0.2, -0.15) is 0 Å². The zero-order valence-electron chi connectivity index (χ0n) is 14.2. The number of benzene rings is 2. The van der Waals surface area contributed by atoms with Crippen molar-refractivity contribution in [2.75, 3.05) is 26.0 Å². The molecule has 0 aliphatic rings. The van der Waals surface area contributed by atoms with E-state index in [4.69, 9.17) is 4.74 Å². The number of methoxy groups -OCH3 is 1. The molecule has 0 fully saturated rings. The molecule has 0 saturated carbocycles. The second-order valence-corrected chi connectivity index (χ2v) is 5.69. The van der Waals surface area contributed by atoms with E-state index in [-0.39, 0.29) is 24.8 Å². The number of hydrogen-bond acceptors (Lipinski definition) is 3. The van der Waals surface area contributed by atoms with Crippen LogP contribution in [0.1, 0.15) is 11.1 Å². The van der Waals surface area contributed by atoms with Crippen LogP contribution in [-0.4, -0.2) is 37.4 Å². The Labute approximate surface area is 142 Å². The maximum atomic E-state index is 12.2. The molecule has 24 heavy (non-hydrogen) atoms. The zero-order valence-corrected chi connectivity index (χ0v) is 14.2. The van der Waals surface area contributed by atoms with Gasteiger partial charge in [0, 0.05) is 12.7 Å². The zero-order chi connectivity index (χ0) is 17.5. The highest BCUT2D eigenvalue weighted by Gasteiger charge is 2.14. The monoisotopic (exact) mass is 326 g/mol. The van der Waals surface area contributed by atoms with Crippen LogP contribution in [0.15, 0.2) is 48.5 Å². The van der Waals surface area contributed by atoms with Crippen molar-refractivity contribution in [3.8, 4) is 5.75 Å². The average molecular weight is 326 g/mol. The van der Waals surface area contributed by atoms with Crippen LogP contribution in [0.5, 0.6) is 5.75 Å². The van der Waals surface area contributed by atoms with Crippen LogP contribution in [0.25, 0.3) is 0 Å². The average Bonchev–Trinajstić information content (AvgIpc) is 2.57. The van der Waals surface area contributed by atoms with Crippen LogP contribution in [0.2, 0.25) is 0 Å². The molecule has 2 aromatic rings.